The molecule has 0 aromatic carbocycles. The third-order valence-corrected chi connectivity index (χ3v) is 6.44. The second-order valence-corrected chi connectivity index (χ2v) is 9.38. The number of carbonyl (C=O) groups excluding carboxylic acids is 2. The summed E-state index contributed by atoms with van der Waals surface area (Å²) in [6.07, 6.45) is 4.03. The maximum atomic E-state index is 11.9. The Kier molecular flexibility index (Phi) is 8.16. The van der Waals surface area contributed by atoms with E-state index in [-0.39, 0.29) is 17.1 Å². The predicted molar refractivity (Wildman–Crippen MR) is 115 cm³/mol. The molecule has 0 spiro atoms. The van der Waals surface area contributed by atoms with E-state index in [1.54, 1.807) is 0 Å². The molecule has 1 amide bonds. The lowest BCUT2D eigenvalue weighted by atomic mass is 10.0. The van der Waals surface area contributed by atoms with Crippen molar-refractivity contribution in [2.75, 3.05) is 26.4 Å². The Hall–Kier alpha value is -1.61. The largest absolute Gasteiger partial charge is 0.449 e. The molecule has 0 aliphatic heterocycles. The zero-order valence-corrected chi connectivity index (χ0v) is 19.1. The number of rotatable bonds is 10. The van der Waals surface area contributed by atoms with Gasteiger partial charge >= 0.3 is 6.09 Å². The topological polar surface area (TPSA) is 95.3 Å². The zero-order valence-electron chi connectivity index (χ0n) is 18.2. The van der Waals surface area contributed by atoms with Gasteiger partial charge in [-0.1, -0.05) is 19.1 Å². The maximum Gasteiger partial charge on any atom is 0.407 e. The summed E-state index contributed by atoms with van der Waals surface area (Å²) in [7, 11) is 0. The molecule has 1 fully saturated rings. The third-order valence-electron chi connectivity index (χ3n) is 6.22. The highest BCUT2D eigenvalue weighted by molar-refractivity contribution is 7.80. The van der Waals surface area contributed by atoms with Crippen LogP contribution in [0.25, 0.3) is 0 Å². The summed E-state index contributed by atoms with van der Waals surface area (Å²) in [5.41, 5.74) is 2.30. The number of hydrogen-bond donors (Lipinski definition) is 2. The standard InChI is InChI=1S/C21H34N4O4S/c1-13(2)20(26)8-10-28-11-9-22-21(27)29-12-17-15-4-6-18-19(7-5-16(15)17)25(14(3)30)24-23-18/h13-17,30H,4-12H2,1-3H3,(H,22,27). The van der Waals surface area contributed by atoms with Gasteiger partial charge in [0.15, 0.2) is 0 Å². The number of carbonyl (C=O) groups is 2. The van der Waals surface area contributed by atoms with Gasteiger partial charge in [-0.2, -0.15) is 12.6 Å². The van der Waals surface area contributed by atoms with Crippen LogP contribution >= 0.6 is 12.6 Å². The van der Waals surface area contributed by atoms with Crippen molar-refractivity contribution in [1.29, 1.82) is 0 Å². The number of alkyl carbamates (subject to hydrolysis) is 1. The van der Waals surface area contributed by atoms with Crippen LogP contribution in [0.1, 0.15) is 56.8 Å². The average molecular weight is 439 g/mol. The highest BCUT2D eigenvalue weighted by atomic mass is 32.1. The van der Waals surface area contributed by atoms with Crippen molar-refractivity contribution in [2.45, 2.75) is 58.2 Å². The van der Waals surface area contributed by atoms with Crippen LogP contribution < -0.4 is 5.32 Å². The van der Waals surface area contributed by atoms with Gasteiger partial charge in [0, 0.05) is 18.9 Å². The molecule has 1 N–H and O–H groups in total. The number of fused-ring (bicyclic) bond motifs is 2. The van der Waals surface area contributed by atoms with Crippen molar-refractivity contribution in [2.24, 2.45) is 23.7 Å². The normalized spacial score (nSPS) is 23.7. The van der Waals surface area contributed by atoms with Gasteiger partial charge in [0.2, 0.25) is 0 Å². The Balaban J connectivity index is 1.30. The first-order chi connectivity index (χ1) is 14.4. The van der Waals surface area contributed by atoms with Gasteiger partial charge in [-0.15, -0.1) is 5.10 Å². The van der Waals surface area contributed by atoms with Gasteiger partial charge in [-0.05, 0) is 50.4 Å². The predicted octanol–water partition coefficient (Wildman–Crippen LogP) is 2.83. The third kappa shape index (κ3) is 5.97. The molecule has 4 unspecified atom stereocenters. The number of ether oxygens (including phenoxy) is 2. The summed E-state index contributed by atoms with van der Waals surface area (Å²) in [5, 5.41) is 11.3. The van der Waals surface area contributed by atoms with Gasteiger partial charge in [0.05, 0.1) is 36.6 Å². The van der Waals surface area contributed by atoms with Crippen LogP contribution in [0.15, 0.2) is 0 Å². The molecule has 2 aliphatic rings. The van der Waals surface area contributed by atoms with Crippen LogP contribution in [0.4, 0.5) is 4.79 Å². The van der Waals surface area contributed by atoms with Crippen LogP contribution in [0.5, 0.6) is 0 Å². The number of nitrogens with one attached hydrogen (secondary N) is 1. The van der Waals surface area contributed by atoms with Gasteiger partial charge in [-0.3, -0.25) is 4.79 Å². The van der Waals surface area contributed by atoms with Crippen molar-refractivity contribution in [3.05, 3.63) is 11.4 Å². The maximum absolute atomic E-state index is 11.9. The zero-order chi connectivity index (χ0) is 21.7. The summed E-state index contributed by atoms with van der Waals surface area (Å²) in [5.74, 6) is 1.87. The average Bonchev–Trinajstić information content (AvgIpc) is 3.18. The molecule has 0 radical (unpaired) electrons. The molecule has 30 heavy (non-hydrogen) atoms. The minimum atomic E-state index is -0.402. The van der Waals surface area contributed by atoms with Crippen molar-refractivity contribution in [3.8, 4) is 0 Å². The van der Waals surface area contributed by atoms with Crippen molar-refractivity contribution >= 4 is 24.5 Å². The first-order valence-corrected chi connectivity index (χ1v) is 11.5. The molecule has 2 aliphatic carbocycles. The van der Waals surface area contributed by atoms with Crippen LogP contribution in [-0.2, 0) is 27.1 Å². The molecule has 1 aromatic heterocycles. The van der Waals surface area contributed by atoms with Crippen LogP contribution in [0.2, 0.25) is 0 Å². The minimum absolute atomic E-state index is 0.0261. The molecular formula is C21H34N4O4S. The molecule has 1 aromatic rings. The SMILES string of the molecule is CC(C)C(=O)CCOCCNC(=O)OCC1C2CCc3nnn(C(C)S)c3CCC21. The van der Waals surface area contributed by atoms with E-state index in [0.29, 0.717) is 50.5 Å². The number of aromatic nitrogens is 3. The van der Waals surface area contributed by atoms with Crippen molar-refractivity contribution < 1.29 is 19.1 Å². The van der Waals surface area contributed by atoms with Crippen LogP contribution in [0, 0.1) is 23.7 Å². The molecule has 1 saturated carbocycles. The smallest absolute Gasteiger partial charge is 0.407 e. The lowest BCUT2D eigenvalue weighted by Crippen LogP contribution is -2.29. The number of nitrogens with zero attached hydrogens (tertiary/aromatic N) is 3. The summed E-state index contributed by atoms with van der Waals surface area (Å²) >= 11 is 4.49. The first-order valence-electron chi connectivity index (χ1n) is 11.0. The molecule has 3 rings (SSSR count). The van der Waals surface area contributed by atoms with E-state index in [9.17, 15) is 9.59 Å². The molecule has 8 nitrogen and oxygen atoms in total. The minimum Gasteiger partial charge on any atom is -0.449 e. The Morgan fingerprint density at radius 3 is 2.63 bits per heavy atom. The molecule has 4 atom stereocenters. The summed E-state index contributed by atoms with van der Waals surface area (Å²) in [6.45, 7) is 7.37. The van der Waals surface area contributed by atoms with Crippen LogP contribution in [-0.4, -0.2) is 53.2 Å². The number of Topliss-reactive ketones (excluding diaryl/α,β-unsaturated/α-hetero) is 1. The van der Waals surface area contributed by atoms with E-state index in [2.05, 4.69) is 28.3 Å². The van der Waals surface area contributed by atoms with Gasteiger partial charge in [0.25, 0.3) is 0 Å². The van der Waals surface area contributed by atoms with Gasteiger partial charge < -0.3 is 14.8 Å². The second-order valence-electron chi connectivity index (χ2n) is 8.64. The van der Waals surface area contributed by atoms with E-state index in [4.69, 9.17) is 9.47 Å². The van der Waals surface area contributed by atoms with Gasteiger partial charge in [-0.25, -0.2) is 9.48 Å². The van der Waals surface area contributed by atoms with Crippen molar-refractivity contribution in [1.82, 2.24) is 20.3 Å². The molecule has 0 saturated heterocycles. The van der Waals surface area contributed by atoms with E-state index in [1.165, 1.54) is 5.69 Å². The summed E-state index contributed by atoms with van der Waals surface area (Å²) in [4.78, 5) is 23.4. The number of hydrogen-bond acceptors (Lipinski definition) is 7. The van der Waals surface area contributed by atoms with E-state index in [1.807, 2.05) is 25.5 Å². The second kappa shape index (κ2) is 10.6. The number of ketones is 1. The monoisotopic (exact) mass is 438 g/mol. The van der Waals surface area contributed by atoms with E-state index >= 15 is 0 Å². The van der Waals surface area contributed by atoms with Crippen LogP contribution in [0.3, 0.4) is 0 Å². The fourth-order valence-electron chi connectivity index (χ4n) is 4.35. The highest BCUT2D eigenvalue weighted by Gasteiger charge is 2.50. The van der Waals surface area contributed by atoms with Crippen molar-refractivity contribution in [3.63, 3.8) is 0 Å². The molecule has 0 bridgehead atoms. The first kappa shape index (κ1) is 23.1. The molecule has 9 heteroatoms. The van der Waals surface area contributed by atoms with E-state index < -0.39 is 6.09 Å². The fraction of sp³-hybridized carbons (Fsp3) is 0.810. The number of aryl methyl sites for hydroxylation is 1. The molecular weight excluding hydrogens is 404 g/mol. The van der Waals surface area contributed by atoms with Gasteiger partial charge in [0.1, 0.15) is 5.78 Å². The number of amides is 1. The quantitative estimate of drug-likeness (QED) is 0.431. The van der Waals surface area contributed by atoms with E-state index in [0.717, 1.165) is 31.4 Å². The Bertz CT molecular complexity index is 737. The Morgan fingerprint density at radius 2 is 1.93 bits per heavy atom. The number of thiol groups is 1. The lowest BCUT2D eigenvalue weighted by molar-refractivity contribution is -0.122. The Labute approximate surface area is 183 Å². The lowest BCUT2D eigenvalue weighted by Gasteiger charge is -2.12. The summed E-state index contributed by atoms with van der Waals surface area (Å²) in [6, 6.07) is 0. The molecule has 168 valence electrons. The summed E-state index contributed by atoms with van der Waals surface area (Å²) < 4.78 is 12.7. The molecule has 1 heterocycles. The Morgan fingerprint density at radius 1 is 1.20 bits per heavy atom. The fourth-order valence-corrected chi connectivity index (χ4v) is 4.53. The highest BCUT2D eigenvalue weighted by Crippen LogP contribution is 2.53.